The second-order valence-electron chi connectivity index (χ2n) is 5.72. The second kappa shape index (κ2) is 3.80. The quantitative estimate of drug-likeness (QED) is 0.405. The van der Waals surface area contributed by atoms with E-state index in [0.29, 0.717) is 21.5 Å². The topological polar surface area (TPSA) is 34.1 Å². The third kappa shape index (κ3) is 1.29. The van der Waals surface area contributed by atoms with Crippen LogP contribution in [0.25, 0.3) is 43.8 Å². The minimum absolute atomic E-state index is 0.0580. The van der Waals surface area contributed by atoms with Crippen LogP contribution in [0.4, 0.5) is 0 Å². The van der Waals surface area contributed by atoms with Crippen LogP contribution in [0.15, 0.2) is 70.3 Å². The summed E-state index contributed by atoms with van der Waals surface area (Å²) in [5.74, 6) is 0. The molecule has 0 unspecified atom stereocenters. The largest absolute Gasteiger partial charge is 0.289 e. The summed E-state index contributed by atoms with van der Waals surface area (Å²) in [7, 11) is 0. The van der Waals surface area contributed by atoms with Gasteiger partial charge in [0, 0.05) is 21.5 Å². The first-order chi connectivity index (χ1) is 10.7. The van der Waals surface area contributed by atoms with Crippen molar-refractivity contribution >= 4 is 21.5 Å². The predicted molar refractivity (Wildman–Crippen MR) is 89.6 cm³/mol. The molecule has 0 amide bonds. The Bertz CT molecular complexity index is 1110. The Morgan fingerprint density at radius 3 is 1.41 bits per heavy atom. The third-order valence-corrected chi connectivity index (χ3v) is 4.57. The lowest BCUT2D eigenvalue weighted by atomic mass is 9.89. The van der Waals surface area contributed by atoms with Crippen LogP contribution in [0.3, 0.4) is 0 Å². The highest BCUT2D eigenvalue weighted by Gasteiger charge is 2.16. The summed E-state index contributed by atoms with van der Waals surface area (Å²) >= 11 is 0. The van der Waals surface area contributed by atoms with Crippen molar-refractivity contribution in [2.24, 2.45) is 0 Å². The van der Waals surface area contributed by atoms with E-state index in [-0.39, 0.29) is 10.9 Å². The summed E-state index contributed by atoms with van der Waals surface area (Å²) in [5, 5.41) is 2.05. The molecule has 0 spiro atoms. The fraction of sp³-hybridized carbons (Fsp3) is 0. The molecular weight excluding hydrogens is 272 g/mol. The molecule has 2 heteroatoms. The first-order valence-electron chi connectivity index (χ1n) is 7.21. The Morgan fingerprint density at radius 1 is 0.500 bits per heavy atom. The van der Waals surface area contributed by atoms with E-state index >= 15 is 0 Å². The van der Waals surface area contributed by atoms with Crippen molar-refractivity contribution in [3.05, 3.63) is 81.1 Å². The average Bonchev–Trinajstić information content (AvgIpc) is 2.58. The van der Waals surface area contributed by atoms with Gasteiger partial charge in [0.1, 0.15) is 0 Å². The Kier molecular flexibility index (Phi) is 2.01. The highest BCUT2D eigenvalue weighted by molar-refractivity contribution is 6.03. The second-order valence-corrected chi connectivity index (χ2v) is 5.72. The van der Waals surface area contributed by atoms with Gasteiger partial charge in [-0.15, -0.1) is 0 Å². The molecule has 0 saturated carbocycles. The SMILES string of the molecule is O=c1c2ccc3cc2c(=O)c2ccc(cc12)-c1ccccc1-3. The minimum Gasteiger partial charge on any atom is -0.289 e. The first-order valence-corrected chi connectivity index (χ1v) is 7.21. The Hall–Kier alpha value is -3.00. The molecule has 0 N–H and O–H groups in total. The molecule has 0 heterocycles. The van der Waals surface area contributed by atoms with Crippen molar-refractivity contribution in [2.45, 2.75) is 0 Å². The molecule has 0 radical (unpaired) electrons. The van der Waals surface area contributed by atoms with Crippen molar-refractivity contribution in [3.8, 4) is 22.3 Å². The van der Waals surface area contributed by atoms with Crippen molar-refractivity contribution in [3.63, 3.8) is 0 Å². The fourth-order valence-electron chi connectivity index (χ4n) is 3.47. The van der Waals surface area contributed by atoms with Crippen LogP contribution in [0.1, 0.15) is 0 Å². The highest BCUT2D eigenvalue weighted by Crippen LogP contribution is 2.35. The van der Waals surface area contributed by atoms with Gasteiger partial charge in [0.15, 0.2) is 10.9 Å². The lowest BCUT2D eigenvalue weighted by molar-refractivity contribution is 1.57. The number of rotatable bonds is 0. The number of hydrogen-bond acceptors (Lipinski definition) is 2. The number of hydrogen-bond donors (Lipinski definition) is 0. The van der Waals surface area contributed by atoms with Crippen molar-refractivity contribution in [1.82, 2.24) is 0 Å². The zero-order valence-electron chi connectivity index (χ0n) is 11.6. The van der Waals surface area contributed by atoms with Crippen LogP contribution in [-0.2, 0) is 0 Å². The van der Waals surface area contributed by atoms with Crippen LogP contribution in [0.5, 0.6) is 0 Å². The van der Waals surface area contributed by atoms with E-state index < -0.39 is 0 Å². The third-order valence-electron chi connectivity index (χ3n) is 4.57. The smallest absolute Gasteiger partial charge is 0.194 e. The number of benzene rings is 4. The molecule has 0 fully saturated rings. The molecule has 0 atom stereocenters. The van der Waals surface area contributed by atoms with Gasteiger partial charge in [0.2, 0.25) is 0 Å². The zero-order valence-corrected chi connectivity index (χ0v) is 11.6. The molecule has 4 aromatic carbocycles. The highest BCUT2D eigenvalue weighted by atomic mass is 16.1. The standard InChI is InChI=1S/C20H10O2/c21-19-16-8-6-12-10-18(16)20(22)15-7-5-11(9-17(15)19)13-3-1-2-4-14(12)13/h1-10H. The van der Waals surface area contributed by atoms with Gasteiger partial charge >= 0.3 is 0 Å². The maximum atomic E-state index is 12.7. The molecule has 4 aromatic rings. The lowest BCUT2D eigenvalue weighted by Crippen LogP contribution is -2.13. The normalized spacial score (nSPS) is 12.0. The Morgan fingerprint density at radius 2 is 0.955 bits per heavy atom. The lowest BCUT2D eigenvalue weighted by Gasteiger charge is -2.14. The Labute approximate surface area is 125 Å². The monoisotopic (exact) mass is 282 g/mol. The summed E-state index contributed by atoms with van der Waals surface area (Å²) in [6.07, 6.45) is 0. The van der Waals surface area contributed by atoms with Gasteiger partial charge in [-0.3, -0.25) is 9.59 Å². The van der Waals surface area contributed by atoms with Gasteiger partial charge in [-0.25, -0.2) is 0 Å². The van der Waals surface area contributed by atoms with Crippen molar-refractivity contribution in [1.29, 1.82) is 0 Å². The van der Waals surface area contributed by atoms with Gasteiger partial charge in [-0.1, -0.05) is 36.4 Å². The molecule has 102 valence electrons. The first kappa shape index (κ1) is 11.6. The van der Waals surface area contributed by atoms with Crippen LogP contribution in [0, 0.1) is 0 Å². The van der Waals surface area contributed by atoms with Crippen molar-refractivity contribution in [2.75, 3.05) is 0 Å². The molecule has 22 heavy (non-hydrogen) atoms. The summed E-state index contributed by atoms with van der Waals surface area (Å²) in [6, 6.07) is 19.2. The molecule has 0 saturated heterocycles. The average molecular weight is 282 g/mol. The van der Waals surface area contributed by atoms with Gasteiger partial charge in [0.25, 0.3) is 0 Å². The van der Waals surface area contributed by atoms with E-state index in [1.165, 1.54) is 0 Å². The summed E-state index contributed by atoms with van der Waals surface area (Å²) in [5.41, 5.74) is 3.99. The van der Waals surface area contributed by atoms with E-state index in [9.17, 15) is 9.59 Å². The van der Waals surface area contributed by atoms with E-state index in [4.69, 9.17) is 0 Å². The molecule has 4 aliphatic rings. The molecule has 6 bridgehead atoms. The van der Waals surface area contributed by atoms with E-state index in [1.54, 1.807) is 12.1 Å². The van der Waals surface area contributed by atoms with E-state index in [1.807, 2.05) is 36.4 Å². The summed E-state index contributed by atoms with van der Waals surface area (Å²) < 4.78 is 0. The Balaban J connectivity index is 2.22. The van der Waals surface area contributed by atoms with Crippen LogP contribution < -0.4 is 10.9 Å². The molecule has 0 aliphatic heterocycles. The summed E-state index contributed by atoms with van der Waals surface area (Å²) in [6.45, 7) is 0. The van der Waals surface area contributed by atoms with E-state index in [0.717, 1.165) is 22.3 Å². The van der Waals surface area contributed by atoms with Crippen LogP contribution in [0.2, 0.25) is 0 Å². The maximum absolute atomic E-state index is 12.7. The zero-order chi connectivity index (χ0) is 14.8. The van der Waals surface area contributed by atoms with Gasteiger partial charge in [-0.2, -0.15) is 0 Å². The number of fused-ring (bicyclic) bond motifs is 2. The van der Waals surface area contributed by atoms with Gasteiger partial charge in [-0.05, 0) is 46.5 Å². The van der Waals surface area contributed by atoms with Crippen LogP contribution >= 0.6 is 0 Å². The van der Waals surface area contributed by atoms with Gasteiger partial charge in [0.05, 0.1) is 0 Å². The minimum atomic E-state index is -0.0580. The summed E-state index contributed by atoms with van der Waals surface area (Å²) in [4.78, 5) is 25.4. The molecule has 8 rings (SSSR count). The maximum Gasteiger partial charge on any atom is 0.194 e. The molecule has 4 aliphatic carbocycles. The van der Waals surface area contributed by atoms with Crippen LogP contribution in [-0.4, -0.2) is 0 Å². The van der Waals surface area contributed by atoms with Gasteiger partial charge < -0.3 is 0 Å². The van der Waals surface area contributed by atoms with E-state index in [2.05, 4.69) is 12.1 Å². The molecule has 0 aromatic heterocycles. The predicted octanol–water partition coefficient (Wildman–Crippen LogP) is 3.80. The van der Waals surface area contributed by atoms with Crippen molar-refractivity contribution < 1.29 is 0 Å². The molecule has 2 nitrogen and oxygen atoms in total. The molecular formula is C20H10O2. The fourth-order valence-corrected chi connectivity index (χ4v) is 3.47.